The van der Waals surface area contributed by atoms with Gasteiger partial charge < -0.3 is 4.90 Å². The Morgan fingerprint density at radius 3 is 2.64 bits per heavy atom. The molecule has 140 valence electrons. The molecule has 0 aromatic heterocycles. The third-order valence-corrected chi connectivity index (χ3v) is 7.45. The molecule has 0 spiro atoms. The van der Waals surface area contributed by atoms with Gasteiger partial charge in [0.15, 0.2) is 0 Å². The molecule has 1 saturated heterocycles. The van der Waals surface area contributed by atoms with Gasteiger partial charge in [0.2, 0.25) is 15.9 Å². The molecule has 0 radical (unpaired) electrons. The first-order chi connectivity index (χ1) is 11.8. The quantitative estimate of drug-likeness (QED) is 0.650. The lowest BCUT2D eigenvalue weighted by molar-refractivity contribution is -0.129. The van der Waals surface area contributed by atoms with E-state index in [1.807, 2.05) is 36.9 Å². The molecule has 0 aliphatic carbocycles. The van der Waals surface area contributed by atoms with E-state index in [1.54, 1.807) is 11.8 Å². The number of rotatable bonds is 7. The molecular weight excluding hydrogens is 424 g/mol. The largest absolute Gasteiger partial charge is 0.342 e. The summed E-state index contributed by atoms with van der Waals surface area (Å²) in [7, 11) is -3.18. The van der Waals surface area contributed by atoms with Gasteiger partial charge in [-0.2, -0.15) is 0 Å². The minimum absolute atomic E-state index is 0.0537. The summed E-state index contributed by atoms with van der Waals surface area (Å²) in [6.07, 6.45) is 1.96. The molecule has 8 heteroatoms. The summed E-state index contributed by atoms with van der Waals surface area (Å²) in [6.45, 7) is 5.10. The van der Waals surface area contributed by atoms with Gasteiger partial charge in [0.05, 0.1) is 11.5 Å². The Balaban J connectivity index is 1.79. The minimum Gasteiger partial charge on any atom is -0.342 e. The number of amides is 1. The fourth-order valence-electron chi connectivity index (χ4n) is 2.83. The number of aryl methyl sites for hydroxylation is 1. The topological polar surface area (TPSA) is 66.5 Å². The van der Waals surface area contributed by atoms with Gasteiger partial charge in [-0.3, -0.25) is 4.79 Å². The summed E-state index contributed by atoms with van der Waals surface area (Å²) < 4.78 is 27.4. The zero-order valence-electron chi connectivity index (χ0n) is 14.6. The van der Waals surface area contributed by atoms with Gasteiger partial charge in [-0.25, -0.2) is 13.1 Å². The molecule has 1 aliphatic heterocycles. The number of hydrogen-bond acceptors (Lipinski definition) is 4. The van der Waals surface area contributed by atoms with Crippen LogP contribution >= 0.6 is 27.7 Å². The number of nitrogens with one attached hydrogen (secondary N) is 1. The summed E-state index contributed by atoms with van der Waals surface area (Å²) in [6, 6.07) is 5.99. The van der Waals surface area contributed by atoms with E-state index in [4.69, 9.17) is 0 Å². The second-order valence-electron chi connectivity index (χ2n) is 6.29. The first kappa shape index (κ1) is 20.7. The second-order valence-corrected chi connectivity index (χ2v) is 10.1. The molecule has 1 aromatic rings. The third kappa shape index (κ3) is 6.58. The summed E-state index contributed by atoms with van der Waals surface area (Å²) >= 11 is 4.99. The summed E-state index contributed by atoms with van der Waals surface area (Å²) in [5.74, 6) is 0.687. The van der Waals surface area contributed by atoms with Crippen LogP contribution < -0.4 is 4.72 Å². The van der Waals surface area contributed by atoms with Gasteiger partial charge in [-0.15, -0.1) is 11.8 Å². The molecular formula is C17H25BrN2O3S2. The lowest BCUT2D eigenvalue weighted by atomic mass is 10.1. The Kier molecular flexibility index (Phi) is 7.79. The van der Waals surface area contributed by atoms with Crippen molar-refractivity contribution in [3.05, 3.63) is 28.2 Å². The highest BCUT2D eigenvalue weighted by Gasteiger charge is 2.25. The number of nitrogens with zero attached hydrogens (tertiary/aromatic N) is 1. The molecule has 1 N–H and O–H groups in total. The number of carbonyl (C=O) groups excluding carboxylic acids is 1. The summed E-state index contributed by atoms with van der Waals surface area (Å²) in [5.41, 5.74) is 1.15. The number of carbonyl (C=O) groups is 1. The van der Waals surface area contributed by atoms with Gasteiger partial charge in [-0.05, 0) is 49.9 Å². The molecule has 1 heterocycles. The average Bonchev–Trinajstić information content (AvgIpc) is 2.54. The maximum Gasteiger partial charge on any atom is 0.232 e. The van der Waals surface area contributed by atoms with Gasteiger partial charge in [0.1, 0.15) is 0 Å². The van der Waals surface area contributed by atoms with Gasteiger partial charge in [0, 0.05) is 28.5 Å². The van der Waals surface area contributed by atoms with Crippen LogP contribution in [-0.2, 0) is 14.8 Å². The van der Waals surface area contributed by atoms with Gasteiger partial charge in [0.25, 0.3) is 0 Å². The zero-order chi connectivity index (χ0) is 18.4. The highest BCUT2D eigenvalue weighted by molar-refractivity contribution is 9.10. The molecule has 0 saturated carbocycles. The average molecular weight is 449 g/mol. The van der Waals surface area contributed by atoms with E-state index in [0.29, 0.717) is 38.1 Å². The smallest absolute Gasteiger partial charge is 0.232 e. The zero-order valence-corrected chi connectivity index (χ0v) is 17.8. The van der Waals surface area contributed by atoms with Crippen LogP contribution in [0.15, 0.2) is 27.6 Å². The van der Waals surface area contributed by atoms with Crippen LogP contribution in [0.1, 0.15) is 31.7 Å². The van der Waals surface area contributed by atoms with Crippen LogP contribution in [0.3, 0.4) is 0 Å². The second kappa shape index (κ2) is 9.39. The number of sulfonamides is 1. The number of thioether (sulfide) groups is 1. The van der Waals surface area contributed by atoms with Crippen LogP contribution in [0.25, 0.3) is 0 Å². The standard InChI is InChI=1S/C17H25BrN2O3S2/c1-3-10-25(22,23)19-15-6-8-20(9-7-15)17(21)12-24-16-5-4-14(18)11-13(16)2/h4-5,11,15,19H,3,6-10,12H2,1-2H3. The molecule has 2 rings (SSSR count). The van der Waals surface area contributed by atoms with Crippen molar-refractivity contribution in [2.24, 2.45) is 0 Å². The summed E-state index contributed by atoms with van der Waals surface area (Å²) in [5, 5.41) is 0. The normalized spacial score (nSPS) is 16.2. The SMILES string of the molecule is CCCS(=O)(=O)NC1CCN(C(=O)CSc2ccc(Br)cc2C)CC1. The van der Waals surface area contributed by atoms with E-state index < -0.39 is 10.0 Å². The van der Waals surface area contributed by atoms with Crippen LogP contribution in [0.2, 0.25) is 0 Å². The highest BCUT2D eigenvalue weighted by atomic mass is 79.9. The molecule has 0 unspecified atom stereocenters. The van der Waals surface area contributed by atoms with Crippen LogP contribution in [0, 0.1) is 6.92 Å². The Hall–Kier alpha value is -0.570. The molecule has 1 fully saturated rings. The number of benzene rings is 1. The van der Waals surface area contributed by atoms with Crippen molar-refractivity contribution < 1.29 is 13.2 Å². The lowest BCUT2D eigenvalue weighted by Crippen LogP contribution is -2.47. The van der Waals surface area contributed by atoms with E-state index in [2.05, 4.69) is 20.7 Å². The molecule has 5 nitrogen and oxygen atoms in total. The first-order valence-corrected chi connectivity index (χ1v) is 11.9. The molecule has 0 bridgehead atoms. The van der Waals surface area contributed by atoms with Crippen molar-refractivity contribution in [3.63, 3.8) is 0 Å². The number of piperidine rings is 1. The van der Waals surface area contributed by atoms with Crippen LogP contribution in [-0.4, -0.2) is 49.9 Å². The van der Waals surface area contributed by atoms with Gasteiger partial charge in [-0.1, -0.05) is 22.9 Å². The fraction of sp³-hybridized carbons (Fsp3) is 0.588. The van der Waals surface area contributed by atoms with Crippen molar-refractivity contribution in [2.45, 2.75) is 44.0 Å². The number of halogens is 1. The van der Waals surface area contributed by atoms with E-state index in [1.165, 1.54) is 0 Å². The molecule has 1 aromatic carbocycles. The minimum atomic E-state index is -3.18. The predicted octanol–water partition coefficient (Wildman–Crippen LogP) is 3.17. The number of hydrogen-bond donors (Lipinski definition) is 1. The lowest BCUT2D eigenvalue weighted by Gasteiger charge is -2.32. The van der Waals surface area contributed by atoms with Crippen molar-refractivity contribution in [1.29, 1.82) is 0 Å². The van der Waals surface area contributed by atoms with Crippen molar-refractivity contribution in [3.8, 4) is 0 Å². The Morgan fingerprint density at radius 2 is 2.04 bits per heavy atom. The molecule has 1 aliphatic rings. The van der Waals surface area contributed by atoms with Crippen molar-refractivity contribution >= 4 is 43.6 Å². The van der Waals surface area contributed by atoms with E-state index >= 15 is 0 Å². The third-order valence-electron chi connectivity index (χ3n) is 4.15. The summed E-state index contributed by atoms with van der Waals surface area (Å²) in [4.78, 5) is 15.4. The monoisotopic (exact) mass is 448 g/mol. The first-order valence-electron chi connectivity index (χ1n) is 8.47. The van der Waals surface area contributed by atoms with Crippen molar-refractivity contribution in [2.75, 3.05) is 24.6 Å². The maximum atomic E-state index is 12.4. The highest BCUT2D eigenvalue weighted by Crippen LogP contribution is 2.26. The number of likely N-dealkylation sites (tertiary alicyclic amines) is 1. The molecule has 25 heavy (non-hydrogen) atoms. The van der Waals surface area contributed by atoms with E-state index in [-0.39, 0.29) is 17.7 Å². The molecule has 1 amide bonds. The fourth-order valence-corrected chi connectivity index (χ4v) is 5.62. The van der Waals surface area contributed by atoms with Crippen LogP contribution in [0.5, 0.6) is 0 Å². The maximum absolute atomic E-state index is 12.4. The Morgan fingerprint density at radius 1 is 1.36 bits per heavy atom. The Labute approximate surface area is 163 Å². The van der Waals surface area contributed by atoms with E-state index in [9.17, 15) is 13.2 Å². The van der Waals surface area contributed by atoms with Gasteiger partial charge >= 0.3 is 0 Å². The van der Waals surface area contributed by atoms with Crippen molar-refractivity contribution in [1.82, 2.24) is 9.62 Å². The Bertz CT molecular complexity index is 702. The predicted molar refractivity (Wildman–Crippen MR) is 106 cm³/mol. The molecule has 0 atom stereocenters. The van der Waals surface area contributed by atoms with E-state index in [0.717, 1.165) is 14.9 Å². The van der Waals surface area contributed by atoms with Crippen LogP contribution in [0.4, 0.5) is 0 Å².